The molecular weight excluding hydrogens is 428 g/mol. The van der Waals surface area contributed by atoms with Crippen LogP contribution < -0.4 is 9.62 Å². The highest BCUT2D eigenvalue weighted by atomic mass is 32.2. The van der Waals surface area contributed by atoms with Gasteiger partial charge in [0.25, 0.3) is 10.0 Å². The van der Waals surface area contributed by atoms with E-state index in [9.17, 15) is 13.2 Å². The fourth-order valence-electron chi connectivity index (χ4n) is 3.28. The van der Waals surface area contributed by atoms with Gasteiger partial charge in [0.2, 0.25) is 5.91 Å². The van der Waals surface area contributed by atoms with E-state index in [2.05, 4.69) is 5.32 Å². The third-order valence-corrected chi connectivity index (χ3v) is 7.29. The van der Waals surface area contributed by atoms with Gasteiger partial charge in [0.1, 0.15) is 6.54 Å². The Bertz CT molecular complexity index is 1150. The summed E-state index contributed by atoms with van der Waals surface area (Å²) in [7, 11) is -3.93. The Labute approximate surface area is 188 Å². The first-order chi connectivity index (χ1) is 14.7. The molecular formula is C24H26N2O3S2. The van der Waals surface area contributed by atoms with Crippen LogP contribution in [-0.4, -0.2) is 27.1 Å². The number of hydrogen-bond acceptors (Lipinski definition) is 4. The zero-order chi connectivity index (χ0) is 22.6. The van der Waals surface area contributed by atoms with Gasteiger partial charge in [-0.25, -0.2) is 8.42 Å². The Balaban J connectivity index is 1.94. The quantitative estimate of drug-likeness (QED) is 0.500. The van der Waals surface area contributed by atoms with Crippen LogP contribution in [0.1, 0.15) is 16.7 Å². The molecule has 3 rings (SSSR count). The first-order valence-corrected chi connectivity index (χ1v) is 12.5. The predicted octanol–water partition coefficient (Wildman–Crippen LogP) is 5.17. The standard InChI is InChI=1S/C24H26N2O3S2/c1-17-5-7-21(8-6-17)26(31(28,29)23-11-9-22(30-4)10-12-23)16-24(27)25-20-14-18(2)13-19(3)15-20/h5-15H,16H2,1-4H3,(H,25,27). The molecule has 0 aliphatic heterocycles. The van der Waals surface area contributed by atoms with E-state index in [-0.39, 0.29) is 11.4 Å². The number of anilines is 2. The van der Waals surface area contributed by atoms with E-state index in [4.69, 9.17) is 0 Å². The highest BCUT2D eigenvalue weighted by molar-refractivity contribution is 7.98. The molecule has 0 spiro atoms. The number of rotatable bonds is 7. The third-order valence-electron chi connectivity index (χ3n) is 4.76. The van der Waals surface area contributed by atoms with Gasteiger partial charge in [0, 0.05) is 10.6 Å². The molecule has 0 atom stereocenters. The van der Waals surface area contributed by atoms with Crippen LogP contribution in [0.4, 0.5) is 11.4 Å². The van der Waals surface area contributed by atoms with E-state index in [1.807, 2.05) is 57.4 Å². The van der Waals surface area contributed by atoms with E-state index >= 15 is 0 Å². The number of carbonyl (C=O) groups excluding carboxylic acids is 1. The molecule has 0 unspecified atom stereocenters. The first kappa shape index (κ1) is 22.9. The van der Waals surface area contributed by atoms with Gasteiger partial charge >= 0.3 is 0 Å². The van der Waals surface area contributed by atoms with Crippen molar-refractivity contribution in [2.75, 3.05) is 22.4 Å². The summed E-state index contributed by atoms with van der Waals surface area (Å²) in [5, 5.41) is 2.83. The van der Waals surface area contributed by atoms with E-state index in [0.29, 0.717) is 11.4 Å². The van der Waals surface area contributed by atoms with Gasteiger partial charge < -0.3 is 5.32 Å². The monoisotopic (exact) mass is 454 g/mol. The lowest BCUT2D eigenvalue weighted by Crippen LogP contribution is -2.38. The van der Waals surface area contributed by atoms with Crippen LogP contribution in [0.2, 0.25) is 0 Å². The van der Waals surface area contributed by atoms with Crippen molar-refractivity contribution in [1.29, 1.82) is 0 Å². The van der Waals surface area contributed by atoms with Crippen molar-refractivity contribution in [3.05, 3.63) is 83.4 Å². The second kappa shape index (κ2) is 9.58. The van der Waals surface area contributed by atoms with Crippen LogP contribution in [0.5, 0.6) is 0 Å². The van der Waals surface area contributed by atoms with Crippen LogP contribution in [0.25, 0.3) is 0 Å². The van der Waals surface area contributed by atoms with Crippen LogP contribution in [0, 0.1) is 20.8 Å². The molecule has 0 saturated carbocycles. The number of amides is 1. The molecule has 0 fully saturated rings. The summed E-state index contributed by atoms with van der Waals surface area (Å²) in [6.45, 7) is 5.49. The third kappa shape index (κ3) is 5.68. The van der Waals surface area contributed by atoms with E-state index < -0.39 is 15.9 Å². The molecule has 0 saturated heterocycles. The van der Waals surface area contributed by atoms with Crippen molar-refractivity contribution in [1.82, 2.24) is 0 Å². The van der Waals surface area contributed by atoms with Gasteiger partial charge in [-0.05, 0) is 86.7 Å². The summed E-state index contributed by atoms with van der Waals surface area (Å²) < 4.78 is 28.1. The van der Waals surface area contributed by atoms with Gasteiger partial charge in [-0.2, -0.15) is 0 Å². The smallest absolute Gasteiger partial charge is 0.264 e. The maximum atomic E-state index is 13.5. The molecule has 0 bridgehead atoms. The Kier molecular flexibility index (Phi) is 7.08. The van der Waals surface area contributed by atoms with Crippen molar-refractivity contribution in [3.63, 3.8) is 0 Å². The number of carbonyl (C=O) groups is 1. The number of aryl methyl sites for hydroxylation is 3. The van der Waals surface area contributed by atoms with Crippen molar-refractivity contribution in [2.45, 2.75) is 30.6 Å². The minimum Gasteiger partial charge on any atom is -0.324 e. The Morgan fingerprint density at radius 1 is 0.871 bits per heavy atom. The van der Waals surface area contributed by atoms with Crippen molar-refractivity contribution in [3.8, 4) is 0 Å². The predicted molar refractivity (Wildman–Crippen MR) is 128 cm³/mol. The van der Waals surface area contributed by atoms with E-state index in [1.165, 1.54) is 11.8 Å². The van der Waals surface area contributed by atoms with Gasteiger partial charge in [-0.3, -0.25) is 9.10 Å². The van der Waals surface area contributed by atoms with Gasteiger partial charge in [0.05, 0.1) is 10.6 Å². The van der Waals surface area contributed by atoms with Crippen LogP contribution in [0.15, 0.2) is 76.5 Å². The molecule has 0 aliphatic rings. The summed E-state index contributed by atoms with van der Waals surface area (Å²) >= 11 is 1.54. The number of nitrogens with one attached hydrogen (secondary N) is 1. The molecule has 0 radical (unpaired) electrons. The largest absolute Gasteiger partial charge is 0.324 e. The lowest BCUT2D eigenvalue weighted by Gasteiger charge is -2.24. The molecule has 162 valence electrons. The summed E-state index contributed by atoms with van der Waals surface area (Å²) in [5.41, 5.74) is 4.13. The van der Waals surface area contributed by atoms with E-state index in [1.54, 1.807) is 36.4 Å². The number of thioether (sulfide) groups is 1. The Hall–Kier alpha value is -2.77. The lowest BCUT2D eigenvalue weighted by atomic mass is 10.1. The first-order valence-electron chi connectivity index (χ1n) is 9.80. The lowest BCUT2D eigenvalue weighted by molar-refractivity contribution is -0.114. The average Bonchev–Trinajstić information content (AvgIpc) is 2.72. The summed E-state index contributed by atoms with van der Waals surface area (Å²) in [6, 6.07) is 19.5. The molecule has 0 heterocycles. The number of hydrogen-bond donors (Lipinski definition) is 1. The minimum absolute atomic E-state index is 0.144. The number of benzene rings is 3. The topological polar surface area (TPSA) is 66.5 Å². The van der Waals surface area contributed by atoms with Crippen molar-refractivity contribution in [2.24, 2.45) is 0 Å². The van der Waals surface area contributed by atoms with E-state index in [0.717, 1.165) is 25.9 Å². The molecule has 0 aromatic heterocycles. The van der Waals surface area contributed by atoms with Crippen LogP contribution in [-0.2, 0) is 14.8 Å². The van der Waals surface area contributed by atoms with Gasteiger partial charge in [-0.1, -0.05) is 23.8 Å². The SMILES string of the molecule is CSc1ccc(S(=O)(=O)N(CC(=O)Nc2cc(C)cc(C)c2)c2ccc(C)cc2)cc1. The maximum absolute atomic E-state index is 13.5. The molecule has 1 amide bonds. The van der Waals surface area contributed by atoms with Gasteiger partial charge in [-0.15, -0.1) is 11.8 Å². The molecule has 1 N–H and O–H groups in total. The Morgan fingerprint density at radius 3 is 2.00 bits per heavy atom. The minimum atomic E-state index is -3.93. The zero-order valence-corrected chi connectivity index (χ0v) is 19.7. The fraction of sp³-hybridized carbons (Fsp3) is 0.208. The summed E-state index contributed by atoms with van der Waals surface area (Å²) in [5.74, 6) is -0.408. The number of sulfonamides is 1. The molecule has 3 aromatic carbocycles. The second-order valence-electron chi connectivity index (χ2n) is 7.45. The Morgan fingerprint density at radius 2 is 1.45 bits per heavy atom. The van der Waals surface area contributed by atoms with Crippen LogP contribution in [0.3, 0.4) is 0 Å². The summed E-state index contributed by atoms with van der Waals surface area (Å²) in [4.78, 5) is 14.0. The van der Waals surface area contributed by atoms with Gasteiger partial charge in [0.15, 0.2) is 0 Å². The second-order valence-corrected chi connectivity index (χ2v) is 10.2. The fourth-order valence-corrected chi connectivity index (χ4v) is 5.11. The zero-order valence-electron chi connectivity index (χ0n) is 18.0. The molecule has 31 heavy (non-hydrogen) atoms. The molecule has 5 nitrogen and oxygen atoms in total. The molecule has 7 heteroatoms. The average molecular weight is 455 g/mol. The summed E-state index contributed by atoms with van der Waals surface area (Å²) in [6.07, 6.45) is 1.93. The normalized spacial score (nSPS) is 11.2. The maximum Gasteiger partial charge on any atom is 0.264 e. The molecule has 0 aliphatic carbocycles. The number of nitrogens with zero attached hydrogens (tertiary/aromatic N) is 1. The van der Waals surface area contributed by atoms with Crippen molar-refractivity contribution < 1.29 is 13.2 Å². The highest BCUT2D eigenvalue weighted by Gasteiger charge is 2.27. The molecule has 3 aromatic rings. The van der Waals surface area contributed by atoms with Crippen molar-refractivity contribution >= 4 is 39.1 Å². The van der Waals surface area contributed by atoms with Crippen LogP contribution >= 0.6 is 11.8 Å². The highest BCUT2D eigenvalue weighted by Crippen LogP contribution is 2.26.